The summed E-state index contributed by atoms with van der Waals surface area (Å²) in [5.74, 6) is -1.25. The molecule has 0 amide bonds. The summed E-state index contributed by atoms with van der Waals surface area (Å²) in [7, 11) is 0. The molecule has 0 atom stereocenters. The van der Waals surface area contributed by atoms with Gasteiger partial charge in [0.1, 0.15) is 11.2 Å². The number of hydrogen-bond donors (Lipinski definition) is 2. The first-order valence-corrected chi connectivity index (χ1v) is 17.4. The molecular weight excluding hydrogens is 651 g/mol. The minimum absolute atomic E-state index is 0.223. The average molecular weight is 686 g/mol. The Morgan fingerprint density at radius 3 is 1.25 bits per heavy atom. The van der Waals surface area contributed by atoms with Gasteiger partial charge in [0.25, 0.3) is 0 Å². The molecule has 7 heteroatoms. The molecule has 7 aromatic rings. The van der Waals surface area contributed by atoms with E-state index in [0.29, 0.717) is 10.0 Å². The van der Waals surface area contributed by atoms with Gasteiger partial charge in [0, 0.05) is 21.6 Å². The van der Waals surface area contributed by atoms with E-state index in [-0.39, 0.29) is 11.4 Å². The zero-order valence-electron chi connectivity index (χ0n) is 27.9. The Bertz CT molecular complexity index is 2030. The van der Waals surface area contributed by atoms with Gasteiger partial charge in [-0.15, -0.1) is 11.3 Å². The predicted molar refractivity (Wildman–Crippen MR) is 204 cm³/mol. The third kappa shape index (κ3) is 6.43. The highest BCUT2D eigenvalue weighted by atomic mass is 32.1. The molecular formula is C44H35N3O3S. The number of aromatic nitrogens is 1. The maximum absolute atomic E-state index is 13.1. The van der Waals surface area contributed by atoms with Gasteiger partial charge in [0.15, 0.2) is 5.13 Å². The van der Waals surface area contributed by atoms with E-state index in [2.05, 4.69) is 46.9 Å². The zero-order chi connectivity index (χ0) is 35.1. The topological polar surface area (TPSA) is 83.8 Å². The molecule has 0 fully saturated rings. The molecule has 0 radical (unpaired) electrons. The lowest BCUT2D eigenvalue weighted by Gasteiger charge is -2.36. The first kappa shape index (κ1) is 33.2. The van der Waals surface area contributed by atoms with Crippen molar-refractivity contribution in [2.45, 2.75) is 18.1 Å². The summed E-state index contributed by atoms with van der Waals surface area (Å²) in [6.45, 7) is 1.85. The van der Waals surface area contributed by atoms with E-state index in [4.69, 9.17) is 9.82 Å². The number of aryl methyl sites for hydroxylation is 1. The van der Waals surface area contributed by atoms with E-state index in [0.717, 1.165) is 33.4 Å². The maximum Gasteiger partial charge on any atom is 0.360 e. The van der Waals surface area contributed by atoms with Gasteiger partial charge in [0.05, 0.1) is 0 Å². The summed E-state index contributed by atoms with van der Waals surface area (Å²) in [5.41, 5.74) is 3.24. The van der Waals surface area contributed by atoms with Crippen LogP contribution in [0.3, 0.4) is 0 Å². The highest BCUT2D eigenvalue weighted by Crippen LogP contribution is 2.43. The molecule has 1 heterocycles. The highest BCUT2D eigenvalue weighted by molar-refractivity contribution is 7.15. The minimum atomic E-state index is -1.25. The van der Waals surface area contributed by atoms with E-state index in [9.17, 15) is 9.90 Å². The van der Waals surface area contributed by atoms with Crippen LogP contribution in [-0.2, 0) is 20.8 Å². The number of carboxylic acids is 1. The van der Waals surface area contributed by atoms with Crippen LogP contribution in [0.5, 0.6) is 0 Å². The number of carboxylic acid groups (broad SMARTS) is 1. The van der Waals surface area contributed by atoms with Gasteiger partial charge < -0.3 is 15.3 Å². The lowest BCUT2D eigenvalue weighted by atomic mass is 9.77. The monoisotopic (exact) mass is 685 g/mol. The highest BCUT2D eigenvalue weighted by Gasteiger charge is 2.41. The van der Waals surface area contributed by atoms with Crippen molar-refractivity contribution in [1.82, 2.24) is 4.98 Å². The smallest absolute Gasteiger partial charge is 0.360 e. The fourth-order valence-electron chi connectivity index (χ4n) is 6.59. The van der Waals surface area contributed by atoms with Crippen LogP contribution in [0, 0.1) is 6.92 Å². The quantitative estimate of drug-likeness (QED) is 0.0761. The Morgan fingerprint density at radius 1 is 0.588 bits per heavy atom. The van der Waals surface area contributed by atoms with Crippen LogP contribution in [0.2, 0.25) is 0 Å². The lowest BCUT2D eigenvalue weighted by molar-refractivity contribution is -0.129. The molecule has 6 nitrogen and oxygen atoms in total. The summed E-state index contributed by atoms with van der Waals surface area (Å²) >= 11 is 1.37. The fraction of sp³-hybridized carbons (Fsp3) is 0.0682. The summed E-state index contributed by atoms with van der Waals surface area (Å²) in [6, 6.07) is 59.7. The molecule has 7 rings (SSSR count). The Labute approximate surface area is 301 Å². The van der Waals surface area contributed by atoms with Crippen LogP contribution in [0.15, 0.2) is 187 Å². The lowest BCUT2D eigenvalue weighted by Crippen LogP contribution is -2.38. The second-order valence-corrected chi connectivity index (χ2v) is 13.2. The van der Waals surface area contributed by atoms with Gasteiger partial charge in [-0.3, -0.25) is 0 Å². The molecule has 1 aromatic heterocycles. The maximum atomic E-state index is 13.1. The third-order valence-corrected chi connectivity index (χ3v) is 9.84. The molecule has 0 bridgehead atoms. The van der Waals surface area contributed by atoms with Crippen LogP contribution < -0.4 is 5.32 Å². The van der Waals surface area contributed by atoms with Crippen molar-refractivity contribution in [3.63, 3.8) is 0 Å². The molecule has 0 spiro atoms. The molecule has 0 saturated carbocycles. The molecule has 0 unspecified atom stereocenters. The van der Waals surface area contributed by atoms with Crippen molar-refractivity contribution in [1.29, 1.82) is 0 Å². The summed E-state index contributed by atoms with van der Waals surface area (Å²) in [5, 5.41) is 19.4. The van der Waals surface area contributed by atoms with Crippen LogP contribution in [0.25, 0.3) is 0 Å². The van der Waals surface area contributed by atoms with Gasteiger partial charge in [-0.25, -0.2) is 9.78 Å². The van der Waals surface area contributed by atoms with Crippen molar-refractivity contribution >= 4 is 28.1 Å². The van der Waals surface area contributed by atoms with Crippen molar-refractivity contribution in [2.75, 3.05) is 5.32 Å². The molecule has 0 aliphatic rings. The van der Waals surface area contributed by atoms with Crippen LogP contribution >= 0.6 is 11.3 Å². The molecule has 250 valence electrons. The number of hydrogen-bond acceptors (Lipinski definition) is 6. The summed E-state index contributed by atoms with van der Waals surface area (Å²) in [4.78, 5) is 25.3. The Kier molecular flexibility index (Phi) is 9.55. The van der Waals surface area contributed by atoms with Gasteiger partial charge in [0.2, 0.25) is 11.3 Å². The number of oxime groups is 1. The van der Waals surface area contributed by atoms with Crippen molar-refractivity contribution < 1.29 is 14.7 Å². The number of rotatable bonds is 12. The number of thiazole rings is 1. The van der Waals surface area contributed by atoms with E-state index in [1.807, 2.05) is 153 Å². The normalized spacial score (nSPS) is 11.9. The van der Waals surface area contributed by atoms with E-state index in [1.54, 1.807) is 0 Å². The van der Waals surface area contributed by atoms with Crippen LogP contribution in [0.1, 0.15) is 44.0 Å². The SMILES string of the molecule is Cc1sc(NC(c2ccccc2)(c2ccccc2)c2ccccc2)nc1/C(=N/OC(c1ccccc1)(c1ccccc1)c1ccccc1)C(=O)O. The average Bonchev–Trinajstić information content (AvgIpc) is 3.56. The fourth-order valence-corrected chi connectivity index (χ4v) is 7.46. The van der Waals surface area contributed by atoms with E-state index in [1.165, 1.54) is 11.3 Å². The second kappa shape index (κ2) is 14.7. The second-order valence-electron chi connectivity index (χ2n) is 12.0. The number of nitrogens with one attached hydrogen (secondary N) is 1. The number of nitrogens with zero attached hydrogens (tertiary/aromatic N) is 2. The molecule has 0 aliphatic heterocycles. The van der Waals surface area contributed by atoms with Gasteiger partial charge in [-0.1, -0.05) is 187 Å². The van der Waals surface area contributed by atoms with Gasteiger partial charge >= 0.3 is 5.97 Å². The number of aliphatic carboxylic acids is 1. The van der Waals surface area contributed by atoms with Crippen LogP contribution in [-0.4, -0.2) is 21.8 Å². The Balaban J connectivity index is 1.37. The Hall–Kier alpha value is -6.31. The third-order valence-electron chi connectivity index (χ3n) is 8.95. The van der Waals surface area contributed by atoms with E-state index >= 15 is 0 Å². The first-order valence-electron chi connectivity index (χ1n) is 16.6. The molecule has 0 saturated heterocycles. The van der Waals surface area contributed by atoms with Crippen LogP contribution in [0.4, 0.5) is 5.13 Å². The van der Waals surface area contributed by atoms with Gasteiger partial charge in [-0.2, -0.15) is 0 Å². The molecule has 0 aliphatic carbocycles. The standard InChI is InChI=1S/C44H35N3O3S/c1-32-39(45-42(51-32)46-43(33-20-8-2-9-21-33,34-22-10-3-11-23-34)35-24-12-4-13-25-35)40(41(48)49)47-50-44(36-26-14-5-15-27-36,37-28-16-6-17-29-37)38-30-18-7-19-31-38/h2-31H,1H3,(H,45,46)(H,48,49)/b47-40-. The zero-order valence-corrected chi connectivity index (χ0v) is 28.7. The molecule has 2 N–H and O–H groups in total. The number of anilines is 1. The molecule has 6 aromatic carbocycles. The largest absolute Gasteiger partial charge is 0.476 e. The van der Waals surface area contributed by atoms with E-state index < -0.39 is 17.1 Å². The summed E-state index contributed by atoms with van der Waals surface area (Å²) < 4.78 is 0. The summed E-state index contributed by atoms with van der Waals surface area (Å²) in [6.07, 6.45) is 0. The van der Waals surface area contributed by atoms with Crippen molar-refractivity contribution in [3.8, 4) is 0 Å². The van der Waals surface area contributed by atoms with Gasteiger partial charge in [-0.05, 0) is 23.6 Å². The van der Waals surface area contributed by atoms with Crippen molar-refractivity contribution in [3.05, 3.63) is 226 Å². The predicted octanol–water partition coefficient (Wildman–Crippen LogP) is 9.65. The van der Waals surface area contributed by atoms with Crippen molar-refractivity contribution in [2.24, 2.45) is 5.16 Å². The Morgan fingerprint density at radius 2 is 0.922 bits per heavy atom. The number of benzene rings is 6. The number of carbonyl (C=O) groups is 1. The minimum Gasteiger partial charge on any atom is -0.476 e. The molecule has 51 heavy (non-hydrogen) atoms. The first-order chi connectivity index (χ1) is 25.0.